The summed E-state index contributed by atoms with van der Waals surface area (Å²) >= 11 is 0. The zero-order chi connectivity index (χ0) is 23.1. The van der Waals surface area contributed by atoms with Crippen molar-refractivity contribution in [1.29, 1.82) is 0 Å². The monoisotopic (exact) mass is 453 g/mol. The van der Waals surface area contributed by atoms with Crippen LogP contribution in [-0.2, 0) is 0 Å². The molecule has 2 aromatic heterocycles. The van der Waals surface area contributed by atoms with E-state index in [1.54, 1.807) is 24.4 Å². The first-order valence-electron chi connectivity index (χ1n) is 10.2. The summed E-state index contributed by atoms with van der Waals surface area (Å²) in [4.78, 5) is 19.6. The van der Waals surface area contributed by atoms with Crippen molar-refractivity contribution >= 4 is 28.1 Å². The number of anilines is 2. The Hall–Kier alpha value is -5.06. The van der Waals surface area contributed by atoms with Crippen LogP contribution in [0.15, 0.2) is 73.2 Å². The highest BCUT2D eigenvalue weighted by atomic mass is 16.7. The van der Waals surface area contributed by atoms with Crippen molar-refractivity contribution in [3.05, 3.63) is 83.3 Å². The van der Waals surface area contributed by atoms with Crippen molar-refractivity contribution in [2.24, 2.45) is 0 Å². The maximum atomic E-state index is 11.4. The van der Waals surface area contributed by atoms with Gasteiger partial charge in [-0.2, -0.15) is 0 Å². The third kappa shape index (κ3) is 3.41. The molecule has 11 heteroatoms. The lowest BCUT2D eigenvalue weighted by Crippen LogP contribution is -2.00. The standard InChI is InChI=1S/C23H15N7O4/c31-30(32)20-7-2-1-6-19(20)29-11-18(27-28-29)14-4-3-5-15(8-14)26-23-16-9-21-22(34-13-33-21)10-17(16)24-12-25-23/h1-12H,13H2,(H,24,25,26). The average molecular weight is 453 g/mol. The van der Waals surface area contributed by atoms with E-state index in [2.05, 4.69) is 25.6 Å². The van der Waals surface area contributed by atoms with E-state index in [1.165, 1.54) is 17.1 Å². The van der Waals surface area contributed by atoms with Crippen molar-refractivity contribution in [2.45, 2.75) is 0 Å². The van der Waals surface area contributed by atoms with Crippen LogP contribution in [-0.4, -0.2) is 36.7 Å². The Labute approximate surface area is 191 Å². The van der Waals surface area contributed by atoms with Crippen LogP contribution in [0.3, 0.4) is 0 Å². The van der Waals surface area contributed by atoms with E-state index < -0.39 is 4.92 Å². The number of para-hydroxylation sites is 2. The Bertz CT molecular complexity index is 1570. The highest BCUT2D eigenvalue weighted by molar-refractivity contribution is 5.93. The molecule has 5 aromatic rings. The molecule has 0 bridgehead atoms. The fraction of sp³-hybridized carbons (Fsp3) is 0.0435. The van der Waals surface area contributed by atoms with Gasteiger partial charge in [-0.3, -0.25) is 10.1 Å². The molecule has 0 radical (unpaired) electrons. The predicted molar refractivity (Wildman–Crippen MR) is 122 cm³/mol. The van der Waals surface area contributed by atoms with E-state index in [0.717, 1.165) is 22.2 Å². The minimum Gasteiger partial charge on any atom is -0.454 e. The number of nitro groups is 1. The second-order valence-electron chi connectivity index (χ2n) is 7.44. The minimum absolute atomic E-state index is 0.0501. The van der Waals surface area contributed by atoms with Crippen LogP contribution in [0.4, 0.5) is 17.2 Å². The van der Waals surface area contributed by atoms with Crippen LogP contribution in [0.2, 0.25) is 0 Å². The van der Waals surface area contributed by atoms with E-state index in [4.69, 9.17) is 9.47 Å². The summed E-state index contributed by atoms with van der Waals surface area (Å²) in [6, 6.07) is 17.6. The number of aromatic nitrogens is 5. The van der Waals surface area contributed by atoms with Gasteiger partial charge in [-0.15, -0.1) is 5.10 Å². The maximum absolute atomic E-state index is 11.4. The van der Waals surface area contributed by atoms with Gasteiger partial charge in [-0.25, -0.2) is 14.6 Å². The highest BCUT2D eigenvalue weighted by Gasteiger charge is 2.18. The molecule has 0 unspecified atom stereocenters. The number of nitrogens with one attached hydrogen (secondary N) is 1. The number of nitro benzene ring substituents is 1. The lowest BCUT2D eigenvalue weighted by Gasteiger charge is -2.10. The summed E-state index contributed by atoms with van der Waals surface area (Å²) in [6.45, 7) is 0.177. The SMILES string of the molecule is O=[N+]([O-])c1ccccc1-n1cc(-c2cccc(Nc3ncnc4cc5c(cc34)OCO5)c2)nn1. The normalized spacial score (nSPS) is 12.1. The Morgan fingerprint density at radius 1 is 1.00 bits per heavy atom. The molecule has 0 atom stereocenters. The van der Waals surface area contributed by atoms with Crippen LogP contribution in [0.5, 0.6) is 11.5 Å². The Balaban J connectivity index is 1.33. The zero-order valence-corrected chi connectivity index (χ0v) is 17.5. The molecule has 166 valence electrons. The summed E-state index contributed by atoms with van der Waals surface area (Å²) in [6.07, 6.45) is 3.14. The van der Waals surface area contributed by atoms with Gasteiger partial charge < -0.3 is 14.8 Å². The molecule has 3 heterocycles. The van der Waals surface area contributed by atoms with E-state index >= 15 is 0 Å². The number of hydrogen-bond acceptors (Lipinski definition) is 9. The number of hydrogen-bond donors (Lipinski definition) is 1. The van der Waals surface area contributed by atoms with Gasteiger partial charge in [-0.1, -0.05) is 29.5 Å². The number of nitrogens with zero attached hydrogens (tertiary/aromatic N) is 6. The molecule has 1 N–H and O–H groups in total. The van der Waals surface area contributed by atoms with E-state index in [0.29, 0.717) is 28.7 Å². The number of fused-ring (bicyclic) bond motifs is 2. The molecule has 0 aliphatic carbocycles. The van der Waals surface area contributed by atoms with Gasteiger partial charge in [-0.05, 0) is 24.3 Å². The van der Waals surface area contributed by atoms with E-state index in [1.807, 2.05) is 36.4 Å². The lowest BCUT2D eigenvalue weighted by molar-refractivity contribution is -0.384. The van der Waals surface area contributed by atoms with Crippen LogP contribution < -0.4 is 14.8 Å². The third-order valence-electron chi connectivity index (χ3n) is 5.37. The van der Waals surface area contributed by atoms with Crippen molar-refractivity contribution in [1.82, 2.24) is 25.0 Å². The molecule has 1 aliphatic rings. The van der Waals surface area contributed by atoms with Gasteiger partial charge in [0.05, 0.1) is 16.6 Å². The molecular weight excluding hydrogens is 438 g/mol. The Kier molecular flexibility index (Phi) is 4.51. The summed E-state index contributed by atoms with van der Waals surface area (Å²) < 4.78 is 12.3. The topological polar surface area (TPSA) is 130 Å². The van der Waals surface area contributed by atoms with E-state index in [9.17, 15) is 10.1 Å². The molecule has 11 nitrogen and oxygen atoms in total. The minimum atomic E-state index is -0.445. The van der Waals surface area contributed by atoms with Crippen molar-refractivity contribution < 1.29 is 14.4 Å². The lowest BCUT2D eigenvalue weighted by atomic mass is 10.1. The molecule has 1 aliphatic heterocycles. The van der Waals surface area contributed by atoms with Gasteiger partial charge in [0.2, 0.25) is 6.79 Å². The van der Waals surface area contributed by atoms with Gasteiger partial charge in [0.15, 0.2) is 11.5 Å². The molecule has 0 spiro atoms. The largest absolute Gasteiger partial charge is 0.454 e. The Morgan fingerprint density at radius 3 is 2.74 bits per heavy atom. The van der Waals surface area contributed by atoms with Crippen molar-refractivity contribution in [2.75, 3.05) is 12.1 Å². The summed E-state index contributed by atoms with van der Waals surface area (Å²) in [5, 5.41) is 23.8. The fourth-order valence-electron chi connectivity index (χ4n) is 3.76. The molecule has 0 fully saturated rings. The second-order valence-corrected chi connectivity index (χ2v) is 7.44. The second kappa shape index (κ2) is 7.81. The van der Waals surface area contributed by atoms with Gasteiger partial charge in [0.1, 0.15) is 23.5 Å². The highest BCUT2D eigenvalue weighted by Crippen LogP contribution is 2.37. The van der Waals surface area contributed by atoms with E-state index in [-0.39, 0.29) is 12.5 Å². The van der Waals surface area contributed by atoms with Gasteiger partial charge in [0, 0.05) is 28.8 Å². The summed E-state index contributed by atoms with van der Waals surface area (Å²) in [7, 11) is 0. The molecule has 0 saturated carbocycles. The Morgan fingerprint density at radius 2 is 1.85 bits per heavy atom. The molecule has 34 heavy (non-hydrogen) atoms. The third-order valence-corrected chi connectivity index (χ3v) is 5.37. The smallest absolute Gasteiger partial charge is 0.294 e. The summed E-state index contributed by atoms with van der Waals surface area (Å²) in [5.41, 5.74) is 3.14. The first kappa shape index (κ1) is 19.6. The molecule has 3 aromatic carbocycles. The van der Waals surface area contributed by atoms with Crippen LogP contribution in [0.25, 0.3) is 27.8 Å². The fourth-order valence-corrected chi connectivity index (χ4v) is 3.76. The zero-order valence-electron chi connectivity index (χ0n) is 17.5. The first-order valence-corrected chi connectivity index (χ1v) is 10.2. The van der Waals surface area contributed by atoms with Crippen LogP contribution >= 0.6 is 0 Å². The van der Waals surface area contributed by atoms with Crippen LogP contribution in [0, 0.1) is 10.1 Å². The van der Waals surface area contributed by atoms with Gasteiger partial charge in [0.25, 0.3) is 5.69 Å². The molecular formula is C23H15N7O4. The number of benzene rings is 3. The maximum Gasteiger partial charge on any atom is 0.294 e. The first-order chi connectivity index (χ1) is 16.7. The summed E-state index contributed by atoms with van der Waals surface area (Å²) in [5.74, 6) is 1.91. The number of rotatable bonds is 5. The predicted octanol–water partition coefficient (Wildman–Crippen LogP) is 4.26. The van der Waals surface area contributed by atoms with Crippen LogP contribution in [0.1, 0.15) is 0 Å². The van der Waals surface area contributed by atoms with Crippen molar-refractivity contribution in [3.8, 4) is 28.4 Å². The molecule has 0 amide bonds. The average Bonchev–Trinajstić information content (AvgIpc) is 3.53. The number of ether oxygens (including phenoxy) is 2. The van der Waals surface area contributed by atoms with Gasteiger partial charge >= 0.3 is 0 Å². The van der Waals surface area contributed by atoms with Crippen molar-refractivity contribution in [3.63, 3.8) is 0 Å². The molecule has 6 rings (SSSR count). The molecule has 0 saturated heterocycles. The quantitative estimate of drug-likeness (QED) is 0.306.